The predicted molar refractivity (Wildman–Crippen MR) is 78.2 cm³/mol. The van der Waals surface area contributed by atoms with E-state index in [0.29, 0.717) is 5.56 Å². The van der Waals surface area contributed by atoms with Gasteiger partial charge in [0.15, 0.2) is 11.6 Å². The van der Waals surface area contributed by atoms with E-state index in [-0.39, 0.29) is 12.4 Å². The molecule has 0 aliphatic rings. The second-order valence-electron chi connectivity index (χ2n) is 4.32. The van der Waals surface area contributed by atoms with Gasteiger partial charge >= 0.3 is 5.97 Å². The largest absolute Gasteiger partial charge is 0.486 e. The van der Waals surface area contributed by atoms with Gasteiger partial charge in [-0.15, -0.1) is 0 Å². The number of rotatable bonds is 5. The molecule has 0 heterocycles. The molecule has 108 valence electrons. The summed E-state index contributed by atoms with van der Waals surface area (Å²) in [4.78, 5) is 11.0. The molecule has 0 saturated carbocycles. The van der Waals surface area contributed by atoms with E-state index in [1.54, 1.807) is 12.1 Å². The van der Waals surface area contributed by atoms with Crippen molar-refractivity contribution in [1.29, 1.82) is 0 Å². The Hall–Kier alpha value is -2.62. The van der Waals surface area contributed by atoms with Gasteiger partial charge in [-0.25, -0.2) is 9.18 Å². The summed E-state index contributed by atoms with van der Waals surface area (Å²) in [5.74, 6) is -0.766. The highest BCUT2D eigenvalue weighted by Crippen LogP contribution is 2.21. The third kappa shape index (κ3) is 4.45. The first kappa shape index (κ1) is 14.8. The van der Waals surface area contributed by atoms with Crippen LogP contribution in [0.25, 0.3) is 6.08 Å². The first-order valence-electron chi connectivity index (χ1n) is 6.41. The van der Waals surface area contributed by atoms with E-state index in [9.17, 15) is 9.18 Å². The number of ether oxygens (including phenoxy) is 2. The summed E-state index contributed by atoms with van der Waals surface area (Å²) < 4.78 is 23.7. The maximum atomic E-state index is 13.7. The number of hydrogen-bond acceptors (Lipinski definition) is 3. The quantitative estimate of drug-likeness (QED) is 0.622. The van der Waals surface area contributed by atoms with Crippen molar-refractivity contribution in [3.63, 3.8) is 0 Å². The fourth-order valence-electron chi connectivity index (χ4n) is 1.70. The first-order valence-corrected chi connectivity index (χ1v) is 6.41. The fraction of sp³-hybridized carbons (Fsp3) is 0.118. The molecule has 0 bridgehead atoms. The number of halogens is 1. The number of esters is 1. The van der Waals surface area contributed by atoms with Crippen molar-refractivity contribution in [3.05, 3.63) is 71.6 Å². The van der Waals surface area contributed by atoms with E-state index in [2.05, 4.69) is 4.74 Å². The average Bonchev–Trinajstić information content (AvgIpc) is 2.53. The Kier molecular flexibility index (Phi) is 5.10. The normalized spacial score (nSPS) is 10.6. The molecular weight excluding hydrogens is 271 g/mol. The number of methoxy groups -OCH3 is 1. The number of hydrogen-bond donors (Lipinski definition) is 0. The maximum absolute atomic E-state index is 13.7. The van der Waals surface area contributed by atoms with E-state index in [1.165, 1.54) is 25.3 Å². The number of benzene rings is 2. The van der Waals surface area contributed by atoms with Crippen LogP contribution in [0.2, 0.25) is 0 Å². The van der Waals surface area contributed by atoms with Gasteiger partial charge in [0.1, 0.15) is 6.61 Å². The summed E-state index contributed by atoms with van der Waals surface area (Å²) in [6.07, 6.45) is 2.81. The molecule has 0 saturated heterocycles. The standard InChI is InChI=1S/C17H15FO3/c1-20-17(19)10-8-13-7-9-15(18)16(11-13)21-12-14-5-3-2-4-6-14/h2-11H,12H2,1H3/b10-8+. The molecule has 2 aromatic carbocycles. The van der Waals surface area contributed by atoms with Crippen molar-refractivity contribution >= 4 is 12.0 Å². The lowest BCUT2D eigenvalue weighted by molar-refractivity contribution is -0.134. The lowest BCUT2D eigenvalue weighted by Crippen LogP contribution is -1.98. The van der Waals surface area contributed by atoms with Crippen LogP contribution >= 0.6 is 0 Å². The molecule has 0 N–H and O–H groups in total. The van der Waals surface area contributed by atoms with Gasteiger partial charge in [-0.1, -0.05) is 36.4 Å². The van der Waals surface area contributed by atoms with Crippen molar-refractivity contribution in [2.45, 2.75) is 6.61 Å². The van der Waals surface area contributed by atoms with Crippen LogP contribution < -0.4 is 4.74 Å². The molecule has 0 amide bonds. The highest BCUT2D eigenvalue weighted by atomic mass is 19.1. The van der Waals surface area contributed by atoms with E-state index < -0.39 is 11.8 Å². The summed E-state index contributed by atoms with van der Waals surface area (Å²) >= 11 is 0. The van der Waals surface area contributed by atoms with Gasteiger partial charge < -0.3 is 9.47 Å². The van der Waals surface area contributed by atoms with Gasteiger partial charge in [0, 0.05) is 6.08 Å². The Morgan fingerprint density at radius 2 is 1.95 bits per heavy atom. The molecule has 0 unspecified atom stereocenters. The molecule has 3 nitrogen and oxygen atoms in total. The second-order valence-corrected chi connectivity index (χ2v) is 4.32. The first-order chi connectivity index (χ1) is 10.2. The molecule has 0 fully saturated rings. The minimum atomic E-state index is -0.467. The predicted octanol–water partition coefficient (Wildman–Crippen LogP) is 3.59. The van der Waals surface area contributed by atoms with E-state index in [1.807, 2.05) is 30.3 Å². The third-order valence-electron chi connectivity index (χ3n) is 2.81. The van der Waals surface area contributed by atoms with Crippen molar-refractivity contribution in [3.8, 4) is 5.75 Å². The molecule has 2 aromatic rings. The fourth-order valence-corrected chi connectivity index (χ4v) is 1.70. The lowest BCUT2D eigenvalue weighted by atomic mass is 10.2. The topological polar surface area (TPSA) is 35.5 Å². The maximum Gasteiger partial charge on any atom is 0.330 e. The van der Waals surface area contributed by atoms with Gasteiger partial charge in [0.25, 0.3) is 0 Å². The molecule has 4 heteroatoms. The van der Waals surface area contributed by atoms with Crippen molar-refractivity contribution in [2.24, 2.45) is 0 Å². The molecule has 2 rings (SSSR count). The van der Waals surface area contributed by atoms with Crippen LogP contribution in [0.3, 0.4) is 0 Å². The van der Waals surface area contributed by atoms with Gasteiger partial charge in [-0.3, -0.25) is 0 Å². The van der Waals surface area contributed by atoms with E-state index in [4.69, 9.17) is 4.74 Å². The zero-order valence-electron chi connectivity index (χ0n) is 11.6. The number of carbonyl (C=O) groups is 1. The van der Waals surface area contributed by atoms with Gasteiger partial charge in [-0.2, -0.15) is 0 Å². The SMILES string of the molecule is COC(=O)/C=C/c1ccc(F)c(OCc2ccccc2)c1. The zero-order valence-corrected chi connectivity index (χ0v) is 11.6. The Balaban J connectivity index is 2.08. The van der Waals surface area contributed by atoms with Crippen LogP contribution in [0.1, 0.15) is 11.1 Å². The van der Waals surface area contributed by atoms with Crippen LogP contribution in [0, 0.1) is 5.82 Å². The zero-order chi connectivity index (χ0) is 15.1. The summed E-state index contributed by atoms with van der Waals surface area (Å²) in [7, 11) is 1.30. The van der Waals surface area contributed by atoms with Gasteiger partial charge in [0.2, 0.25) is 0 Å². The second kappa shape index (κ2) is 7.24. The Morgan fingerprint density at radius 3 is 2.67 bits per heavy atom. The number of carbonyl (C=O) groups excluding carboxylic acids is 1. The molecule has 21 heavy (non-hydrogen) atoms. The summed E-state index contributed by atoms with van der Waals surface area (Å²) in [6.45, 7) is 0.280. The third-order valence-corrected chi connectivity index (χ3v) is 2.81. The van der Waals surface area contributed by atoms with Crippen LogP contribution in [0.15, 0.2) is 54.6 Å². The highest BCUT2D eigenvalue weighted by molar-refractivity contribution is 5.86. The smallest absolute Gasteiger partial charge is 0.330 e. The van der Waals surface area contributed by atoms with Crippen LogP contribution in [-0.4, -0.2) is 13.1 Å². The van der Waals surface area contributed by atoms with Crippen molar-refractivity contribution in [1.82, 2.24) is 0 Å². The Bertz CT molecular complexity index is 636. The highest BCUT2D eigenvalue weighted by Gasteiger charge is 2.04. The minimum absolute atomic E-state index is 0.144. The summed E-state index contributed by atoms with van der Waals surface area (Å²) in [5.41, 5.74) is 1.61. The molecule has 0 aromatic heterocycles. The summed E-state index contributed by atoms with van der Waals surface area (Å²) in [5, 5.41) is 0. The van der Waals surface area contributed by atoms with Crippen LogP contribution in [-0.2, 0) is 16.1 Å². The molecule has 0 aliphatic carbocycles. The lowest BCUT2D eigenvalue weighted by Gasteiger charge is -2.08. The average molecular weight is 286 g/mol. The Morgan fingerprint density at radius 1 is 1.19 bits per heavy atom. The van der Waals surface area contributed by atoms with Crippen LogP contribution in [0.5, 0.6) is 5.75 Å². The monoisotopic (exact) mass is 286 g/mol. The van der Waals surface area contributed by atoms with Gasteiger partial charge in [-0.05, 0) is 29.3 Å². The van der Waals surface area contributed by atoms with E-state index >= 15 is 0 Å². The minimum Gasteiger partial charge on any atom is -0.486 e. The molecular formula is C17H15FO3. The molecule has 0 aliphatic heterocycles. The van der Waals surface area contributed by atoms with Crippen molar-refractivity contribution in [2.75, 3.05) is 7.11 Å². The van der Waals surface area contributed by atoms with Crippen molar-refractivity contribution < 1.29 is 18.7 Å². The van der Waals surface area contributed by atoms with Gasteiger partial charge in [0.05, 0.1) is 7.11 Å². The molecule has 0 radical (unpaired) electrons. The molecule has 0 atom stereocenters. The Labute approximate surface area is 122 Å². The summed E-state index contributed by atoms with van der Waals surface area (Å²) in [6, 6.07) is 13.9. The van der Waals surface area contributed by atoms with Crippen LogP contribution in [0.4, 0.5) is 4.39 Å². The molecule has 0 spiro atoms. The van der Waals surface area contributed by atoms with E-state index in [0.717, 1.165) is 5.56 Å².